The van der Waals surface area contributed by atoms with E-state index >= 15 is 0 Å². The number of carbonyl (C=O) groups is 1. The third kappa shape index (κ3) is 3.71. The molecule has 0 aromatic carbocycles. The molecule has 7 atom stereocenters. The second-order valence-corrected chi connectivity index (χ2v) is 8.05. The maximum atomic E-state index is 11.5. The van der Waals surface area contributed by atoms with Crippen molar-refractivity contribution in [1.29, 1.82) is 0 Å². The molecule has 3 nitrogen and oxygen atoms in total. The van der Waals surface area contributed by atoms with Gasteiger partial charge in [0.25, 0.3) is 0 Å². The van der Waals surface area contributed by atoms with E-state index in [1.165, 1.54) is 12.0 Å². The lowest BCUT2D eigenvalue weighted by atomic mass is 9.62. The Morgan fingerprint density at radius 3 is 2.74 bits per heavy atom. The molecular weight excluding hydrogens is 288 g/mol. The lowest BCUT2D eigenvalue weighted by Crippen LogP contribution is -2.36. The van der Waals surface area contributed by atoms with Crippen molar-refractivity contribution < 1.29 is 14.6 Å². The molecule has 3 aliphatic rings. The van der Waals surface area contributed by atoms with Crippen molar-refractivity contribution in [3.63, 3.8) is 0 Å². The summed E-state index contributed by atoms with van der Waals surface area (Å²) in [7, 11) is 0. The summed E-state index contributed by atoms with van der Waals surface area (Å²) in [5, 5.41) is 9.78. The van der Waals surface area contributed by atoms with Crippen LogP contribution in [0.15, 0.2) is 23.8 Å². The summed E-state index contributed by atoms with van der Waals surface area (Å²) in [5.74, 6) is 2.95. The molecule has 1 heterocycles. The number of hydrogen-bond acceptors (Lipinski definition) is 3. The molecular formula is C20H30O3. The van der Waals surface area contributed by atoms with E-state index in [9.17, 15) is 9.90 Å². The highest BCUT2D eigenvalue weighted by Gasteiger charge is 2.38. The molecule has 128 valence electrons. The Labute approximate surface area is 139 Å². The molecule has 0 bridgehead atoms. The van der Waals surface area contributed by atoms with Gasteiger partial charge < -0.3 is 9.84 Å². The highest BCUT2D eigenvalue weighted by molar-refractivity contribution is 5.70. The Balaban J connectivity index is 1.67. The summed E-state index contributed by atoms with van der Waals surface area (Å²) in [6, 6.07) is 0. The highest BCUT2D eigenvalue weighted by atomic mass is 16.5. The molecule has 3 heteroatoms. The number of hydrogen-bond donors (Lipinski definition) is 1. The first kappa shape index (κ1) is 16.8. The van der Waals surface area contributed by atoms with Gasteiger partial charge in [-0.25, -0.2) is 0 Å². The monoisotopic (exact) mass is 318 g/mol. The van der Waals surface area contributed by atoms with Gasteiger partial charge in [-0.15, -0.1) is 0 Å². The predicted octanol–water partition coefficient (Wildman–Crippen LogP) is 3.87. The summed E-state index contributed by atoms with van der Waals surface area (Å²) in [5.41, 5.74) is 1.51. The number of allylic oxidation sites excluding steroid dienone is 4. The lowest BCUT2D eigenvalue weighted by Gasteiger charge is -2.43. The fourth-order valence-corrected chi connectivity index (χ4v) is 5.00. The standard InChI is InChI=1S/C20H30O3/c1-12-8-14(3)20-15(9-12)5-4-13(2)18(20)7-6-17-10-16(21)11-19(22)23-17/h4-5,9,12-14,16-18,20-21H,6-8,10-11H2,1-3H3. The fraction of sp³-hybridized carbons (Fsp3) is 0.750. The van der Waals surface area contributed by atoms with Crippen molar-refractivity contribution in [1.82, 2.24) is 0 Å². The van der Waals surface area contributed by atoms with E-state index in [2.05, 4.69) is 39.0 Å². The Hall–Kier alpha value is -1.09. The van der Waals surface area contributed by atoms with Gasteiger partial charge in [0.15, 0.2) is 0 Å². The van der Waals surface area contributed by atoms with Gasteiger partial charge in [0, 0.05) is 6.42 Å². The van der Waals surface area contributed by atoms with Gasteiger partial charge in [0.05, 0.1) is 12.5 Å². The molecule has 23 heavy (non-hydrogen) atoms. The summed E-state index contributed by atoms with van der Waals surface area (Å²) in [6.45, 7) is 7.01. The number of esters is 1. The van der Waals surface area contributed by atoms with Gasteiger partial charge in [0.2, 0.25) is 0 Å². The molecule has 2 aliphatic carbocycles. The molecule has 1 saturated heterocycles. The highest BCUT2D eigenvalue weighted by Crippen LogP contribution is 2.46. The normalized spacial score (nSPS) is 43.6. The van der Waals surface area contributed by atoms with Crippen LogP contribution >= 0.6 is 0 Å². The van der Waals surface area contributed by atoms with E-state index in [1.807, 2.05) is 0 Å². The third-order valence-electron chi connectivity index (χ3n) is 6.00. The molecule has 0 radical (unpaired) electrons. The fourth-order valence-electron chi connectivity index (χ4n) is 5.00. The van der Waals surface area contributed by atoms with E-state index < -0.39 is 6.10 Å². The molecule has 1 N–H and O–H groups in total. The average molecular weight is 318 g/mol. The molecule has 1 fully saturated rings. The molecule has 0 aromatic heterocycles. The minimum Gasteiger partial charge on any atom is -0.462 e. The van der Waals surface area contributed by atoms with Gasteiger partial charge in [-0.05, 0) is 54.4 Å². The number of aliphatic hydroxyl groups excluding tert-OH is 1. The second-order valence-electron chi connectivity index (χ2n) is 8.05. The molecule has 0 amide bonds. The van der Waals surface area contributed by atoms with Gasteiger partial charge in [0.1, 0.15) is 6.10 Å². The van der Waals surface area contributed by atoms with Crippen LogP contribution in [0.25, 0.3) is 0 Å². The van der Waals surface area contributed by atoms with E-state index in [1.54, 1.807) is 0 Å². The maximum absolute atomic E-state index is 11.5. The van der Waals surface area contributed by atoms with Crippen molar-refractivity contribution in [3.8, 4) is 0 Å². The molecule has 3 rings (SSSR count). The zero-order chi connectivity index (χ0) is 16.6. The van der Waals surface area contributed by atoms with Crippen LogP contribution in [-0.4, -0.2) is 23.3 Å². The topological polar surface area (TPSA) is 46.5 Å². The summed E-state index contributed by atoms with van der Waals surface area (Å²) in [4.78, 5) is 11.5. The molecule has 0 aromatic rings. The minimum absolute atomic E-state index is 0.102. The predicted molar refractivity (Wildman–Crippen MR) is 90.7 cm³/mol. The van der Waals surface area contributed by atoms with Crippen molar-refractivity contribution in [3.05, 3.63) is 23.8 Å². The quantitative estimate of drug-likeness (QED) is 0.803. The Morgan fingerprint density at radius 1 is 1.22 bits per heavy atom. The van der Waals surface area contributed by atoms with Gasteiger partial charge >= 0.3 is 5.97 Å². The average Bonchev–Trinajstić information content (AvgIpc) is 2.45. The molecule has 7 unspecified atom stereocenters. The smallest absolute Gasteiger partial charge is 0.308 e. The summed E-state index contributed by atoms with van der Waals surface area (Å²) < 4.78 is 5.43. The third-order valence-corrected chi connectivity index (χ3v) is 6.00. The first-order valence-corrected chi connectivity index (χ1v) is 9.21. The maximum Gasteiger partial charge on any atom is 0.308 e. The van der Waals surface area contributed by atoms with Crippen molar-refractivity contribution >= 4 is 5.97 Å². The van der Waals surface area contributed by atoms with Crippen LogP contribution in [0.1, 0.15) is 52.9 Å². The Kier molecular flexibility index (Phi) is 4.96. The Bertz CT molecular complexity index is 507. The lowest BCUT2D eigenvalue weighted by molar-refractivity contribution is -0.160. The molecule has 1 aliphatic heterocycles. The number of aliphatic hydroxyl groups is 1. The van der Waals surface area contributed by atoms with Crippen LogP contribution in [0.2, 0.25) is 0 Å². The van der Waals surface area contributed by atoms with Crippen LogP contribution in [0.5, 0.6) is 0 Å². The summed E-state index contributed by atoms with van der Waals surface area (Å²) >= 11 is 0. The first-order chi connectivity index (χ1) is 10.9. The first-order valence-electron chi connectivity index (χ1n) is 9.21. The SMILES string of the molecule is CC1C=C2C=CC(C)C(CCC3CC(O)CC(=O)O3)C2C(C)C1. The van der Waals surface area contributed by atoms with Gasteiger partial charge in [-0.2, -0.15) is 0 Å². The minimum atomic E-state index is -0.519. The zero-order valence-corrected chi connectivity index (χ0v) is 14.6. The van der Waals surface area contributed by atoms with E-state index in [0.29, 0.717) is 36.0 Å². The van der Waals surface area contributed by atoms with Crippen LogP contribution in [-0.2, 0) is 9.53 Å². The van der Waals surface area contributed by atoms with Crippen LogP contribution in [0.4, 0.5) is 0 Å². The number of rotatable bonds is 3. The van der Waals surface area contributed by atoms with Crippen LogP contribution in [0.3, 0.4) is 0 Å². The van der Waals surface area contributed by atoms with E-state index in [4.69, 9.17) is 4.74 Å². The van der Waals surface area contributed by atoms with Crippen LogP contribution < -0.4 is 0 Å². The number of cyclic esters (lactones) is 1. The molecule has 0 saturated carbocycles. The van der Waals surface area contributed by atoms with E-state index in [0.717, 1.165) is 12.8 Å². The van der Waals surface area contributed by atoms with Crippen molar-refractivity contribution in [2.24, 2.45) is 29.6 Å². The number of carbonyl (C=O) groups excluding carboxylic acids is 1. The zero-order valence-electron chi connectivity index (χ0n) is 14.6. The van der Waals surface area contributed by atoms with Crippen molar-refractivity contribution in [2.75, 3.05) is 0 Å². The number of fused-ring (bicyclic) bond motifs is 1. The second kappa shape index (κ2) is 6.80. The largest absolute Gasteiger partial charge is 0.462 e. The van der Waals surface area contributed by atoms with E-state index in [-0.39, 0.29) is 18.5 Å². The van der Waals surface area contributed by atoms with Crippen molar-refractivity contribution in [2.45, 2.75) is 65.1 Å². The van der Waals surface area contributed by atoms with Crippen LogP contribution in [0, 0.1) is 29.6 Å². The number of ether oxygens (including phenoxy) is 1. The van der Waals surface area contributed by atoms with Gasteiger partial charge in [-0.1, -0.05) is 39.0 Å². The summed E-state index contributed by atoms with van der Waals surface area (Å²) in [6.07, 6.45) is 10.5. The molecule has 0 spiro atoms. The van der Waals surface area contributed by atoms with Gasteiger partial charge in [-0.3, -0.25) is 4.79 Å². The Morgan fingerprint density at radius 2 is 2.00 bits per heavy atom.